The van der Waals surface area contributed by atoms with Crippen molar-refractivity contribution in [1.29, 1.82) is 0 Å². The molecular formula is C15H19NO2S. The lowest BCUT2D eigenvalue weighted by molar-refractivity contribution is 0.402. The molecule has 1 aromatic carbocycles. The second kappa shape index (κ2) is 5.63. The Morgan fingerprint density at radius 2 is 1.79 bits per heavy atom. The van der Waals surface area contributed by atoms with Crippen LogP contribution in [0.25, 0.3) is 11.1 Å². The van der Waals surface area contributed by atoms with Crippen molar-refractivity contribution >= 4 is 11.3 Å². The van der Waals surface area contributed by atoms with Gasteiger partial charge in [-0.05, 0) is 42.5 Å². The second-order valence-electron chi connectivity index (χ2n) is 4.42. The van der Waals surface area contributed by atoms with E-state index < -0.39 is 0 Å². The summed E-state index contributed by atoms with van der Waals surface area (Å²) in [4.78, 5) is 1.24. The van der Waals surface area contributed by atoms with E-state index >= 15 is 0 Å². The molecule has 0 unspecified atom stereocenters. The van der Waals surface area contributed by atoms with Crippen molar-refractivity contribution in [2.75, 3.05) is 14.2 Å². The molecule has 0 spiro atoms. The van der Waals surface area contributed by atoms with E-state index in [-0.39, 0.29) is 0 Å². The van der Waals surface area contributed by atoms with Gasteiger partial charge in [0.1, 0.15) is 11.5 Å². The predicted molar refractivity (Wildman–Crippen MR) is 80.2 cm³/mol. The first-order valence-corrected chi connectivity index (χ1v) is 7.00. The quantitative estimate of drug-likeness (QED) is 0.930. The van der Waals surface area contributed by atoms with E-state index in [4.69, 9.17) is 15.2 Å². The summed E-state index contributed by atoms with van der Waals surface area (Å²) in [6.07, 6.45) is 0. The molecule has 2 N–H and O–H groups in total. The van der Waals surface area contributed by atoms with E-state index in [1.807, 2.05) is 19.1 Å². The third-order valence-corrected chi connectivity index (χ3v) is 4.22. The number of benzene rings is 1. The van der Waals surface area contributed by atoms with Crippen LogP contribution >= 0.6 is 11.3 Å². The van der Waals surface area contributed by atoms with Crippen LogP contribution in [0, 0.1) is 13.8 Å². The minimum absolute atomic E-state index is 0.527. The minimum Gasteiger partial charge on any atom is -0.496 e. The van der Waals surface area contributed by atoms with Gasteiger partial charge in [-0.1, -0.05) is 0 Å². The number of methoxy groups -OCH3 is 2. The molecule has 0 bridgehead atoms. The Kier molecular flexibility index (Phi) is 4.12. The van der Waals surface area contributed by atoms with Crippen molar-refractivity contribution in [3.8, 4) is 22.6 Å². The summed E-state index contributed by atoms with van der Waals surface area (Å²) in [6.45, 7) is 4.64. The van der Waals surface area contributed by atoms with Gasteiger partial charge in [0.25, 0.3) is 0 Å². The van der Waals surface area contributed by atoms with Gasteiger partial charge in [-0.3, -0.25) is 0 Å². The average molecular weight is 277 g/mol. The highest BCUT2D eigenvalue weighted by Crippen LogP contribution is 2.41. The standard InChI is InChI=1S/C15H19NO2S/c1-9-5-14(18-4)12(6-13(9)17-3)15-10(2)19-8-11(15)7-16/h5-6,8H,7,16H2,1-4H3. The van der Waals surface area contributed by atoms with Crippen LogP contribution in [0.3, 0.4) is 0 Å². The van der Waals surface area contributed by atoms with Crippen molar-refractivity contribution in [2.45, 2.75) is 20.4 Å². The lowest BCUT2D eigenvalue weighted by Gasteiger charge is -2.14. The summed E-state index contributed by atoms with van der Waals surface area (Å²) in [6, 6.07) is 4.04. The first kappa shape index (κ1) is 13.9. The molecule has 2 rings (SSSR count). The molecule has 0 fully saturated rings. The van der Waals surface area contributed by atoms with Crippen LogP contribution < -0.4 is 15.2 Å². The lowest BCUT2D eigenvalue weighted by atomic mass is 9.99. The monoisotopic (exact) mass is 277 g/mol. The number of aryl methyl sites for hydroxylation is 2. The fourth-order valence-electron chi connectivity index (χ4n) is 2.26. The molecule has 2 aromatic rings. The molecular weight excluding hydrogens is 258 g/mol. The molecule has 0 aliphatic carbocycles. The fraction of sp³-hybridized carbons (Fsp3) is 0.333. The zero-order valence-electron chi connectivity index (χ0n) is 11.7. The van der Waals surface area contributed by atoms with E-state index in [9.17, 15) is 0 Å². The van der Waals surface area contributed by atoms with Gasteiger partial charge in [0.2, 0.25) is 0 Å². The van der Waals surface area contributed by atoms with Gasteiger partial charge >= 0.3 is 0 Å². The maximum Gasteiger partial charge on any atom is 0.127 e. The maximum absolute atomic E-state index is 5.83. The molecule has 4 heteroatoms. The largest absolute Gasteiger partial charge is 0.496 e. The number of thiophene rings is 1. The van der Waals surface area contributed by atoms with E-state index in [1.54, 1.807) is 25.6 Å². The Morgan fingerprint density at radius 3 is 2.37 bits per heavy atom. The number of ether oxygens (including phenoxy) is 2. The zero-order valence-corrected chi connectivity index (χ0v) is 12.6. The van der Waals surface area contributed by atoms with E-state index in [2.05, 4.69) is 12.3 Å². The fourth-order valence-corrected chi connectivity index (χ4v) is 3.15. The summed E-state index contributed by atoms with van der Waals surface area (Å²) in [7, 11) is 3.37. The van der Waals surface area contributed by atoms with Crippen molar-refractivity contribution < 1.29 is 9.47 Å². The Bertz CT molecular complexity index is 590. The number of hydrogen-bond donors (Lipinski definition) is 1. The van der Waals surface area contributed by atoms with Crippen molar-refractivity contribution in [3.05, 3.63) is 33.5 Å². The SMILES string of the molecule is COc1cc(-c2c(CN)csc2C)c(OC)cc1C. The van der Waals surface area contributed by atoms with Gasteiger partial charge in [-0.15, -0.1) is 11.3 Å². The molecule has 3 nitrogen and oxygen atoms in total. The highest BCUT2D eigenvalue weighted by Gasteiger charge is 2.16. The third-order valence-electron chi connectivity index (χ3n) is 3.26. The molecule has 0 atom stereocenters. The zero-order chi connectivity index (χ0) is 14.0. The molecule has 0 saturated carbocycles. The molecule has 102 valence electrons. The lowest BCUT2D eigenvalue weighted by Crippen LogP contribution is -1.99. The van der Waals surface area contributed by atoms with Crippen LogP contribution in [0.5, 0.6) is 11.5 Å². The summed E-state index contributed by atoms with van der Waals surface area (Å²) < 4.78 is 10.9. The Balaban J connectivity index is 2.69. The predicted octanol–water partition coefficient (Wildman–Crippen LogP) is 3.51. The van der Waals surface area contributed by atoms with Gasteiger partial charge in [0, 0.05) is 22.5 Å². The molecule has 0 aliphatic rings. The van der Waals surface area contributed by atoms with E-state index in [0.29, 0.717) is 6.54 Å². The highest BCUT2D eigenvalue weighted by atomic mass is 32.1. The highest BCUT2D eigenvalue weighted by molar-refractivity contribution is 7.10. The van der Waals surface area contributed by atoms with Crippen molar-refractivity contribution in [3.63, 3.8) is 0 Å². The van der Waals surface area contributed by atoms with Crippen LogP contribution in [-0.4, -0.2) is 14.2 Å². The second-order valence-corrected chi connectivity index (χ2v) is 5.50. The van der Waals surface area contributed by atoms with Crippen LogP contribution in [0.1, 0.15) is 16.0 Å². The Hall–Kier alpha value is -1.52. The van der Waals surface area contributed by atoms with Gasteiger partial charge in [0.05, 0.1) is 14.2 Å². The molecule has 0 amide bonds. The summed E-state index contributed by atoms with van der Waals surface area (Å²) in [5, 5.41) is 2.11. The topological polar surface area (TPSA) is 44.5 Å². The number of nitrogens with two attached hydrogens (primary N) is 1. The molecule has 0 saturated heterocycles. The summed E-state index contributed by atoms with van der Waals surface area (Å²) >= 11 is 1.71. The van der Waals surface area contributed by atoms with Crippen molar-refractivity contribution in [2.24, 2.45) is 5.73 Å². The third kappa shape index (κ3) is 2.46. The van der Waals surface area contributed by atoms with Crippen LogP contribution in [0.4, 0.5) is 0 Å². The normalized spacial score (nSPS) is 10.6. The van der Waals surface area contributed by atoms with Crippen LogP contribution in [-0.2, 0) is 6.54 Å². The smallest absolute Gasteiger partial charge is 0.127 e. The molecule has 1 heterocycles. The number of hydrogen-bond acceptors (Lipinski definition) is 4. The first-order valence-electron chi connectivity index (χ1n) is 6.12. The maximum atomic E-state index is 5.83. The minimum atomic E-state index is 0.527. The Morgan fingerprint density at radius 1 is 1.11 bits per heavy atom. The van der Waals surface area contributed by atoms with Crippen molar-refractivity contribution in [1.82, 2.24) is 0 Å². The molecule has 0 aliphatic heterocycles. The van der Waals surface area contributed by atoms with Gasteiger partial charge in [-0.25, -0.2) is 0 Å². The average Bonchev–Trinajstić information content (AvgIpc) is 2.79. The molecule has 1 aromatic heterocycles. The number of rotatable bonds is 4. The van der Waals surface area contributed by atoms with Gasteiger partial charge < -0.3 is 15.2 Å². The first-order chi connectivity index (χ1) is 9.12. The van der Waals surface area contributed by atoms with Crippen LogP contribution in [0.15, 0.2) is 17.5 Å². The Labute approximate surface area is 118 Å². The van der Waals surface area contributed by atoms with Gasteiger partial charge in [0.15, 0.2) is 0 Å². The van der Waals surface area contributed by atoms with Crippen LogP contribution in [0.2, 0.25) is 0 Å². The summed E-state index contributed by atoms with van der Waals surface area (Å²) in [5.74, 6) is 1.72. The summed E-state index contributed by atoms with van der Waals surface area (Å²) in [5.41, 5.74) is 10.2. The molecule has 19 heavy (non-hydrogen) atoms. The molecule has 0 radical (unpaired) electrons. The van der Waals surface area contributed by atoms with E-state index in [0.717, 1.165) is 28.2 Å². The van der Waals surface area contributed by atoms with E-state index in [1.165, 1.54) is 10.4 Å². The van der Waals surface area contributed by atoms with Gasteiger partial charge in [-0.2, -0.15) is 0 Å².